The van der Waals surface area contributed by atoms with Gasteiger partial charge in [0.1, 0.15) is 5.75 Å². The highest BCUT2D eigenvalue weighted by Gasteiger charge is 2.18. The molecule has 0 aliphatic heterocycles. The van der Waals surface area contributed by atoms with Gasteiger partial charge in [-0.15, -0.1) is 0 Å². The maximum atomic E-state index is 12.8. The minimum absolute atomic E-state index is 0.0944. The first-order chi connectivity index (χ1) is 14.9. The average molecular weight is 429 g/mol. The van der Waals surface area contributed by atoms with Crippen molar-refractivity contribution >= 4 is 11.6 Å². The second-order valence-electron chi connectivity index (χ2n) is 7.61. The molecule has 0 aliphatic carbocycles. The van der Waals surface area contributed by atoms with Crippen LogP contribution in [0.25, 0.3) is 0 Å². The number of hydrogen-bond donors (Lipinski definition) is 1. The molecular formula is C24H32N2O5. The number of carbonyl (C=O) groups is 1. The normalized spacial score (nSPS) is 11.7. The number of nitrogens with zero attached hydrogens (tertiary/aromatic N) is 2. The predicted molar refractivity (Wildman–Crippen MR) is 120 cm³/mol. The largest absolute Gasteiger partial charge is 0.494 e. The van der Waals surface area contributed by atoms with Crippen molar-refractivity contribution in [3.05, 3.63) is 69.8 Å². The van der Waals surface area contributed by atoms with E-state index in [1.165, 1.54) is 25.1 Å². The molecule has 7 heteroatoms. The van der Waals surface area contributed by atoms with Crippen molar-refractivity contribution < 1.29 is 19.6 Å². The third kappa shape index (κ3) is 8.02. The SMILES string of the molecule is CCCCCN(Cc1ccccc1)C(=O)CCCOc1ccc([N+](=O)[O-])c(C(C)O)c1. The number of amides is 1. The maximum absolute atomic E-state index is 12.8. The lowest BCUT2D eigenvalue weighted by atomic mass is 10.1. The molecule has 0 saturated carbocycles. The van der Waals surface area contributed by atoms with Crippen LogP contribution in [0.15, 0.2) is 48.5 Å². The summed E-state index contributed by atoms with van der Waals surface area (Å²) in [6.45, 7) is 5.27. The summed E-state index contributed by atoms with van der Waals surface area (Å²) in [7, 11) is 0. The molecule has 0 heterocycles. The molecule has 1 unspecified atom stereocenters. The van der Waals surface area contributed by atoms with Crippen LogP contribution in [0.2, 0.25) is 0 Å². The lowest BCUT2D eigenvalue weighted by Gasteiger charge is -2.23. The monoisotopic (exact) mass is 428 g/mol. The Kier molecular flexibility index (Phi) is 9.97. The van der Waals surface area contributed by atoms with E-state index < -0.39 is 11.0 Å². The maximum Gasteiger partial charge on any atom is 0.275 e. The van der Waals surface area contributed by atoms with E-state index in [1.54, 1.807) is 0 Å². The van der Waals surface area contributed by atoms with Crippen LogP contribution in [0.3, 0.4) is 0 Å². The van der Waals surface area contributed by atoms with Gasteiger partial charge in [0.2, 0.25) is 5.91 Å². The van der Waals surface area contributed by atoms with E-state index in [2.05, 4.69) is 6.92 Å². The fraction of sp³-hybridized carbons (Fsp3) is 0.458. The summed E-state index contributed by atoms with van der Waals surface area (Å²) >= 11 is 0. The van der Waals surface area contributed by atoms with Crippen LogP contribution in [0.4, 0.5) is 5.69 Å². The number of rotatable bonds is 13. The van der Waals surface area contributed by atoms with E-state index >= 15 is 0 Å². The second kappa shape index (κ2) is 12.7. The van der Waals surface area contributed by atoms with Crippen LogP contribution in [-0.4, -0.2) is 34.0 Å². The summed E-state index contributed by atoms with van der Waals surface area (Å²) in [5.74, 6) is 0.537. The Labute approximate surface area is 183 Å². The molecule has 1 atom stereocenters. The third-order valence-corrected chi connectivity index (χ3v) is 5.05. The highest BCUT2D eigenvalue weighted by molar-refractivity contribution is 5.76. The first-order valence-electron chi connectivity index (χ1n) is 10.8. The van der Waals surface area contributed by atoms with Crippen molar-refractivity contribution in [2.24, 2.45) is 0 Å². The van der Waals surface area contributed by atoms with Gasteiger partial charge in [0.15, 0.2) is 0 Å². The van der Waals surface area contributed by atoms with Gasteiger partial charge < -0.3 is 14.7 Å². The lowest BCUT2D eigenvalue weighted by molar-refractivity contribution is -0.386. The smallest absolute Gasteiger partial charge is 0.275 e. The molecule has 168 valence electrons. The van der Waals surface area contributed by atoms with Gasteiger partial charge >= 0.3 is 0 Å². The molecule has 0 fully saturated rings. The molecule has 2 aromatic rings. The number of aliphatic hydroxyl groups is 1. The third-order valence-electron chi connectivity index (χ3n) is 5.05. The van der Waals surface area contributed by atoms with E-state index in [9.17, 15) is 20.0 Å². The molecule has 0 radical (unpaired) electrons. The van der Waals surface area contributed by atoms with Crippen LogP contribution >= 0.6 is 0 Å². The van der Waals surface area contributed by atoms with Gasteiger partial charge in [-0.2, -0.15) is 0 Å². The molecular weight excluding hydrogens is 396 g/mol. The number of aliphatic hydroxyl groups excluding tert-OH is 1. The van der Waals surface area contributed by atoms with E-state index in [4.69, 9.17) is 4.74 Å². The molecule has 7 nitrogen and oxygen atoms in total. The van der Waals surface area contributed by atoms with Crippen LogP contribution in [-0.2, 0) is 11.3 Å². The summed E-state index contributed by atoms with van der Waals surface area (Å²) in [6.07, 6.45) is 3.11. The number of benzene rings is 2. The standard InChI is InChI=1S/C24H32N2O5/c1-3-4-8-15-25(18-20-10-6-5-7-11-20)24(28)12-9-16-31-21-13-14-23(26(29)30)22(17-21)19(2)27/h5-7,10-11,13-14,17,19,27H,3-4,8-9,12,15-16,18H2,1-2H3. The molecule has 31 heavy (non-hydrogen) atoms. The van der Waals surface area contributed by atoms with Gasteiger partial charge in [-0.05, 0) is 37.5 Å². The topological polar surface area (TPSA) is 92.9 Å². The van der Waals surface area contributed by atoms with Crippen LogP contribution in [0, 0.1) is 10.1 Å². The second-order valence-corrected chi connectivity index (χ2v) is 7.61. The van der Waals surface area contributed by atoms with Crippen molar-refractivity contribution in [2.75, 3.05) is 13.2 Å². The van der Waals surface area contributed by atoms with Crippen molar-refractivity contribution in [3.8, 4) is 5.75 Å². The Balaban J connectivity index is 1.89. The van der Waals surface area contributed by atoms with E-state index in [0.29, 0.717) is 31.7 Å². The van der Waals surface area contributed by atoms with E-state index in [0.717, 1.165) is 31.4 Å². The first kappa shape index (κ1) is 24.3. The van der Waals surface area contributed by atoms with E-state index in [-0.39, 0.29) is 17.2 Å². The summed E-state index contributed by atoms with van der Waals surface area (Å²) in [6, 6.07) is 14.3. The van der Waals surface area contributed by atoms with Gasteiger partial charge in [0, 0.05) is 25.6 Å². The molecule has 0 aliphatic rings. The van der Waals surface area contributed by atoms with Gasteiger partial charge in [-0.25, -0.2) is 0 Å². The van der Waals surface area contributed by atoms with Crippen molar-refractivity contribution in [3.63, 3.8) is 0 Å². The number of unbranched alkanes of at least 4 members (excludes halogenated alkanes) is 2. The van der Waals surface area contributed by atoms with Crippen LogP contribution < -0.4 is 4.74 Å². The van der Waals surface area contributed by atoms with Crippen LogP contribution in [0.5, 0.6) is 5.75 Å². The molecule has 2 aromatic carbocycles. The van der Waals surface area contributed by atoms with Crippen molar-refractivity contribution in [1.82, 2.24) is 4.90 Å². The van der Waals surface area contributed by atoms with Gasteiger partial charge in [0.05, 0.1) is 23.2 Å². The summed E-state index contributed by atoms with van der Waals surface area (Å²) < 4.78 is 5.67. The molecule has 0 aromatic heterocycles. The minimum atomic E-state index is -0.972. The van der Waals surface area contributed by atoms with Crippen molar-refractivity contribution in [1.29, 1.82) is 0 Å². The zero-order chi connectivity index (χ0) is 22.6. The molecule has 2 rings (SSSR count). The zero-order valence-corrected chi connectivity index (χ0v) is 18.3. The van der Waals surface area contributed by atoms with Gasteiger partial charge in [-0.3, -0.25) is 14.9 Å². The molecule has 0 saturated heterocycles. The molecule has 1 amide bonds. The van der Waals surface area contributed by atoms with E-state index in [1.807, 2.05) is 35.2 Å². The summed E-state index contributed by atoms with van der Waals surface area (Å²) in [5.41, 5.74) is 1.19. The highest BCUT2D eigenvalue weighted by Crippen LogP contribution is 2.29. The Morgan fingerprint density at radius 1 is 1.16 bits per heavy atom. The van der Waals surface area contributed by atoms with Gasteiger partial charge in [0.25, 0.3) is 5.69 Å². The zero-order valence-electron chi connectivity index (χ0n) is 18.3. The predicted octanol–water partition coefficient (Wildman–Crippen LogP) is 5.03. The quantitative estimate of drug-likeness (QED) is 0.274. The number of nitro benzene ring substituents is 1. The lowest BCUT2D eigenvalue weighted by Crippen LogP contribution is -2.31. The fourth-order valence-corrected chi connectivity index (χ4v) is 3.34. The minimum Gasteiger partial charge on any atom is -0.494 e. The Morgan fingerprint density at radius 3 is 2.55 bits per heavy atom. The van der Waals surface area contributed by atoms with Crippen molar-refractivity contribution in [2.45, 2.75) is 58.6 Å². The van der Waals surface area contributed by atoms with Crippen LogP contribution in [0.1, 0.15) is 63.2 Å². The first-order valence-corrected chi connectivity index (χ1v) is 10.8. The number of hydrogen-bond acceptors (Lipinski definition) is 5. The van der Waals surface area contributed by atoms with Gasteiger partial charge in [-0.1, -0.05) is 50.1 Å². The molecule has 0 spiro atoms. The Hall–Kier alpha value is -2.93. The number of ether oxygens (including phenoxy) is 1. The molecule has 1 N–H and O–H groups in total. The average Bonchev–Trinajstić information content (AvgIpc) is 2.76. The highest BCUT2D eigenvalue weighted by atomic mass is 16.6. The number of carbonyl (C=O) groups excluding carboxylic acids is 1. The molecule has 0 bridgehead atoms. The number of nitro groups is 1. The summed E-state index contributed by atoms with van der Waals surface area (Å²) in [5, 5.41) is 20.9. The Morgan fingerprint density at radius 2 is 1.90 bits per heavy atom. The Bertz CT molecular complexity index is 839. The summed E-state index contributed by atoms with van der Waals surface area (Å²) in [4.78, 5) is 25.2. The fourth-order valence-electron chi connectivity index (χ4n) is 3.34.